The summed E-state index contributed by atoms with van der Waals surface area (Å²) < 4.78 is 0.952. The maximum atomic E-state index is 11.9. The Morgan fingerprint density at radius 3 is 2.81 bits per heavy atom. The minimum absolute atomic E-state index is 0.0486. The van der Waals surface area contributed by atoms with Crippen LogP contribution in [-0.4, -0.2) is 16.8 Å². The Kier molecular flexibility index (Phi) is 3.88. The van der Waals surface area contributed by atoms with Gasteiger partial charge >= 0.3 is 0 Å². The van der Waals surface area contributed by atoms with E-state index in [1.54, 1.807) is 6.92 Å². The van der Waals surface area contributed by atoms with E-state index < -0.39 is 0 Å². The Bertz CT molecular complexity index is 691. The van der Waals surface area contributed by atoms with Crippen LogP contribution in [0.4, 0.5) is 10.8 Å². The van der Waals surface area contributed by atoms with Crippen molar-refractivity contribution in [2.75, 3.05) is 10.6 Å². The van der Waals surface area contributed by atoms with Gasteiger partial charge in [0, 0.05) is 18.0 Å². The van der Waals surface area contributed by atoms with Crippen LogP contribution in [-0.2, 0) is 9.59 Å². The Balaban J connectivity index is 1.76. The fourth-order valence-electron chi connectivity index (χ4n) is 2.18. The zero-order valence-corrected chi connectivity index (χ0v) is 12.6. The molecule has 0 spiro atoms. The maximum Gasteiger partial charge on any atom is 0.227 e. The molecule has 21 heavy (non-hydrogen) atoms. The quantitative estimate of drug-likeness (QED) is 0.909. The molecule has 0 atom stereocenters. The van der Waals surface area contributed by atoms with Crippen molar-refractivity contribution in [2.45, 2.75) is 32.6 Å². The Morgan fingerprint density at radius 1 is 1.33 bits per heavy atom. The number of nitrogens with one attached hydrogen (secondary N) is 2. The highest BCUT2D eigenvalue weighted by Crippen LogP contribution is 2.30. The summed E-state index contributed by atoms with van der Waals surface area (Å²) in [6, 6.07) is 5.62. The molecule has 110 valence electrons. The molecule has 3 rings (SSSR count). The summed E-state index contributed by atoms with van der Waals surface area (Å²) >= 11 is 1.42. The van der Waals surface area contributed by atoms with Crippen molar-refractivity contribution in [2.24, 2.45) is 5.92 Å². The summed E-state index contributed by atoms with van der Waals surface area (Å²) in [4.78, 5) is 27.7. The summed E-state index contributed by atoms with van der Waals surface area (Å²) in [5, 5.41) is 6.31. The number of rotatable bonds is 4. The first-order valence-corrected chi connectivity index (χ1v) is 7.98. The van der Waals surface area contributed by atoms with Gasteiger partial charge in [-0.25, -0.2) is 4.98 Å². The van der Waals surface area contributed by atoms with Crippen molar-refractivity contribution in [1.29, 1.82) is 0 Å². The molecule has 1 aromatic carbocycles. The van der Waals surface area contributed by atoms with Gasteiger partial charge in [0.15, 0.2) is 5.13 Å². The molecule has 1 aliphatic rings. The Labute approximate surface area is 126 Å². The fourth-order valence-corrected chi connectivity index (χ4v) is 3.10. The Morgan fingerprint density at radius 2 is 2.14 bits per heavy atom. The number of hydrogen-bond acceptors (Lipinski definition) is 4. The van der Waals surface area contributed by atoms with Crippen LogP contribution in [0.25, 0.3) is 10.2 Å². The van der Waals surface area contributed by atoms with E-state index in [-0.39, 0.29) is 17.7 Å². The van der Waals surface area contributed by atoms with E-state index in [0.717, 1.165) is 35.2 Å². The van der Waals surface area contributed by atoms with E-state index in [0.29, 0.717) is 11.6 Å². The first-order valence-electron chi connectivity index (χ1n) is 7.17. The highest BCUT2D eigenvalue weighted by atomic mass is 32.1. The van der Waals surface area contributed by atoms with Crippen molar-refractivity contribution in [1.82, 2.24) is 4.98 Å². The highest BCUT2D eigenvalue weighted by molar-refractivity contribution is 7.22. The number of aromatic nitrogens is 1. The van der Waals surface area contributed by atoms with Crippen LogP contribution in [0.3, 0.4) is 0 Å². The van der Waals surface area contributed by atoms with Gasteiger partial charge in [-0.2, -0.15) is 0 Å². The van der Waals surface area contributed by atoms with Gasteiger partial charge in [-0.05, 0) is 31.0 Å². The molecular weight excluding hydrogens is 286 g/mol. The topological polar surface area (TPSA) is 71.1 Å². The number of hydrogen-bond donors (Lipinski definition) is 2. The lowest BCUT2D eigenvalue weighted by Gasteiger charge is -2.23. The first-order chi connectivity index (χ1) is 10.2. The van der Waals surface area contributed by atoms with Crippen molar-refractivity contribution in [3.63, 3.8) is 0 Å². The molecule has 2 amide bonds. The zero-order valence-electron chi connectivity index (χ0n) is 11.8. The SMILES string of the molecule is CCC(=O)Nc1nc2ccc(NC(=O)C3CCC3)cc2s1. The lowest BCUT2D eigenvalue weighted by atomic mass is 9.85. The van der Waals surface area contributed by atoms with Crippen LogP contribution in [0.15, 0.2) is 18.2 Å². The third-order valence-electron chi connectivity index (χ3n) is 3.70. The average Bonchev–Trinajstić information content (AvgIpc) is 2.77. The molecule has 2 aromatic rings. The smallest absolute Gasteiger partial charge is 0.227 e. The molecule has 1 fully saturated rings. The summed E-state index contributed by atoms with van der Waals surface area (Å²) in [5.74, 6) is 0.221. The van der Waals surface area contributed by atoms with Gasteiger partial charge in [0.1, 0.15) is 0 Å². The van der Waals surface area contributed by atoms with Crippen LogP contribution >= 0.6 is 11.3 Å². The molecule has 0 bridgehead atoms. The molecule has 0 saturated heterocycles. The van der Waals surface area contributed by atoms with Crippen LogP contribution in [0, 0.1) is 5.92 Å². The lowest BCUT2D eigenvalue weighted by Crippen LogP contribution is -2.27. The van der Waals surface area contributed by atoms with Gasteiger partial charge in [0.25, 0.3) is 0 Å². The number of amides is 2. The maximum absolute atomic E-state index is 11.9. The van der Waals surface area contributed by atoms with Gasteiger partial charge in [-0.1, -0.05) is 24.7 Å². The van der Waals surface area contributed by atoms with Crippen molar-refractivity contribution < 1.29 is 9.59 Å². The molecule has 2 N–H and O–H groups in total. The number of fused-ring (bicyclic) bond motifs is 1. The fraction of sp³-hybridized carbons (Fsp3) is 0.400. The van der Waals surface area contributed by atoms with E-state index in [2.05, 4.69) is 15.6 Å². The third-order valence-corrected chi connectivity index (χ3v) is 4.63. The van der Waals surface area contributed by atoms with Crippen molar-refractivity contribution in [3.8, 4) is 0 Å². The second-order valence-corrected chi connectivity index (χ2v) is 6.25. The number of benzene rings is 1. The van der Waals surface area contributed by atoms with E-state index in [4.69, 9.17) is 0 Å². The van der Waals surface area contributed by atoms with E-state index >= 15 is 0 Å². The summed E-state index contributed by atoms with van der Waals surface area (Å²) in [7, 11) is 0. The number of carbonyl (C=O) groups is 2. The van der Waals surface area contributed by atoms with Gasteiger partial charge in [-0.15, -0.1) is 0 Å². The van der Waals surface area contributed by atoms with Gasteiger partial charge < -0.3 is 10.6 Å². The molecule has 1 saturated carbocycles. The van der Waals surface area contributed by atoms with Crippen molar-refractivity contribution >= 4 is 44.2 Å². The van der Waals surface area contributed by atoms with E-state index in [1.807, 2.05) is 18.2 Å². The summed E-state index contributed by atoms with van der Waals surface area (Å²) in [5.41, 5.74) is 1.62. The predicted octanol–water partition coefficient (Wildman–Crippen LogP) is 3.38. The molecule has 0 unspecified atom stereocenters. The summed E-state index contributed by atoms with van der Waals surface area (Å²) in [6.07, 6.45) is 3.55. The third kappa shape index (κ3) is 3.05. The zero-order chi connectivity index (χ0) is 14.8. The van der Waals surface area contributed by atoms with Crippen LogP contribution in [0.1, 0.15) is 32.6 Å². The van der Waals surface area contributed by atoms with Gasteiger partial charge in [0.05, 0.1) is 10.2 Å². The van der Waals surface area contributed by atoms with Crippen molar-refractivity contribution in [3.05, 3.63) is 18.2 Å². The number of anilines is 2. The van der Waals surface area contributed by atoms with E-state index in [9.17, 15) is 9.59 Å². The lowest BCUT2D eigenvalue weighted by molar-refractivity contribution is -0.122. The Hall–Kier alpha value is -1.95. The molecule has 6 heteroatoms. The largest absolute Gasteiger partial charge is 0.326 e. The van der Waals surface area contributed by atoms with Gasteiger partial charge in [-0.3, -0.25) is 9.59 Å². The van der Waals surface area contributed by atoms with E-state index in [1.165, 1.54) is 11.3 Å². The monoisotopic (exact) mass is 303 g/mol. The standard InChI is InChI=1S/C15H17N3O2S/c1-2-13(19)18-15-17-11-7-6-10(8-12(11)21-15)16-14(20)9-4-3-5-9/h6-9H,2-5H2,1H3,(H,16,20)(H,17,18,19). The van der Waals surface area contributed by atoms with Gasteiger partial charge in [0.2, 0.25) is 11.8 Å². The highest BCUT2D eigenvalue weighted by Gasteiger charge is 2.25. The molecule has 1 aromatic heterocycles. The second-order valence-electron chi connectivity index (χ2n) is 5.22. The predicted molar refractivity (Wildman–Crippen MR) is 84.5 cm³/mol. The minimum Gasteiger partial charge on any atom is -0.326 e. The van der Waals surface area contributed by atoms with Crippen LogP contribution < -0.4 is 10.6 Å². The van der Waals surface area contributed by atoms with Crippen LogP contribution in [0.5, 0.6) is 0 Å². The normalized spacial score (nSPS) is 14.7. The molecule has 1 aliphatic carbocycles. The summed E-state index contributed by atoms with van der Waals surface area (Å²) in [6.45, 7) is 1.80. The average molecular weight is 303 g/mol. The number of carbonyl (C=O) groups excluding carboxylic acids is 2. The first kappa shape index (κ1) is 14.0. The van der Waals surface area contributed by atoms with Crippen LogP contribution in [0.2, 0.25) is 0 Å². The molecular formula is C15H17N3O2S. The number of nitrogens with zero attached hydrogens (tertiary/aromatic N) is 1. The molecule has 0 aliphatic heterocycles. The molecule has 5 nitrogen and oxygen atoms in total. The minimum atomic E-state index is -0.0486. The molecule has 1 heterocycles. The number of thiazole rings is 1. The second kappa shape index (κ2) is 5.81. The molecule has 0 radical (unpaired) electrons.